The highest BCUT2D eigenvalue weighted by atomic mass is 16.6. The lowest BCUT2D eigenvalue weighted by atomic mass is 9.46. The summed E-state index contributed by atoms with van der Waals surface area (Å²) in [6.07, 6.45) is 13.2. The zero-order chi connectivity index (χ0) is 31.2. The second kappa shape index (κ2) is 11.4. The SMILES string of the molecule is C#C[C@]1(O)CC[C@@H]2[C@@H]3CCC4=CC(=NOCC(=O)N[C@H](C(=O)O)[C@@H](O)c5cccc([N+](=O)[O-])c5)CC[C@]4(C)[C@H]3CC[C@@]21C. The van der Waals surface area contributed by atoms with E-state index < -0.39 is 41.2 Å². The van der Waals surface area contributed by atoms with Crippen molar-refractivity contribution >= 4 is 23.3 Å². The molecule has 1 aromatic carbocycles. The lowest BCUT2D eigenvalue weighted by molar-refractivity contribution is -0.385. The van der Waals surface area contributed by atoms with E-state index in [1.54, 1.807) is 0 Å². The van der Waals surface area contributed by atoms with Crippen molar-refractivity contribution in [2.45, 2.75) is 83.0 Å². The number of hydrogen-bond donors (Lipinski definition) is 4. The van der Waals surface area contributed by atoms with Gasteiger partial charge in [0.05, 0.1) is 10.6 Å². The van der Waals surface area contributed by atoms with Gasteiger partial charge in [0, 0.05) is 17.5 Å². The quantitative estimate of drug-likeness (QED) is 0.200. The van der Waals surface area contributed by atoms with Gasteiger partial charge < -0.3 is 25.5 Å². The Kier molecular flexibility index (Phi) is 8.13. The Balaban J connectivity index is 1.21. The fourth-order valence-corrected chi connectivity index (χ4v) is 8.58. The number of nitro benzene ring substituents is 1. The number of rotatable bonds is 8. The van der Waals surface area contributed by atoms with Crippen molar-refractivity contribution in [3.05, 3.63) is 51.6 Å². The van der Waals surface area contributed by atoms with E-state index in [9.17, 15) is 35.0 Å². The molecule has 0 unspecified atom stereocenters. The molecule has 0 heterocycles. The van der Waals surface area contributed by atoms with E-state index in [4.69, 9.17) is 11.3 Å². The minimum absolute atomic E-state index is 0.0167. The maximum atomic E-state index is 12.5. The number of non-ortho nitro benzene ring substituents is 1. The predicted molar refractivity (Wildman–Crippen MR) is 156 cm³/mol. The van der Waals surface area contributed by atoms with Crippen LogP contribution >= 0.6 is 0 Å². The zero-order valence-electron chi connectivity index (χ0n) is 24.5. The summed E-state index contributed by atoms with van der Waals surface area (Å²) in [5, 5.41) is 48.7. The van der Waals surface area contributed by atoms with Gasteiger partial charge >= 0.3 is 5.97 Å². The molecule has 4 N–H and O–H groups in total. The summed E-state index contributed by atoms with van der Waals surface area (Å²) in [4.78, 5) is 39.9. The summed E-state index contributed by atoms with van der Waals surface area (Å²) in [7, 11) is 0. The van der Waals surface area contributed by atoms with Crippen LogP contribution in [0.3, 0.4) is 0 Å². The monoisotopic (exact) mass is 593 g/mol. The number of carboxylic acids is 1. The molecule has 0 aliphatic heterocycles. The van der Waals surface area contributed by atoms with Gasteiger partial charge in [0.15, 0.2) is 12.6 Å². The van der Waals surface area contributed by atoms with E-state index in [0.717, 1.165) is 44.6 Å². The molecule has 0 aromatic heterocycles. The van der Waals surface area contributed by atoms with Crippen LogP contribution in [-0.2, 0) is 14.4 Å². The number of aliphatic carboxylic acids is 1. The van der Waals surface area contributed by atoms with Gasteiger partial charge in [0.2, 0.25) is 0 Å². The van der Waals surface area contributed by atoms with Gasteiger partial charge in [-0.15, -0.1) is 6.42 Å². The van der Waals surface area contributed by atoms with Crippen LogP contribution in [0.2, 0.25) is 0 Å². The zero-order valence-corrected chi connectivity index (χ0v) is 24.5. The number of nitro groups is 1. The molecule has 8 atom stereocenters. The van der Waals surface area contributed by atoms with E-state index in [2.05, 4.69) is 36.3 Å². The molecule has 43 heavy (non-hydrogen) atoms. The summed E-state index contributed by atoms with van der Waals surface area (Å²) >= 11 is 0. The first kappa shape index (κ1) is 30.7. The first-order valence-electron chi connectivity index (χ1n) is 14.9. The number of carboxylic acid groups (broad SMARTS) is 1. The summed E-state index contributed by atoms with van der Waals surface area (Å²) < 4.78 is 0. The normalized spacial score (nSPS) is 35.3. The second-order valence-electron chi connectivity index (χ2n) is 13.0. The van der Waals surface area contributed by atoms with E-state index in [0.29, 0.717) is 36.3 Å². The molecule has 1 amide bonds. The van der Waals surface area contributed by atoms with Crippen molar-refractivity contribution in [2.75, 3.05) is 6.61 Å². The largest absolute Gasteiger partial charge is 0.480 e. The number of oxime groups is 1. The van der Waals surface area contributed by atoms with Gasteiger partial charge in [-0.05, 0) is 86.2 Å². The highest BCUT2D eigenvalue weighted by Crippen LogP contribution is 2.67. The van der Waals surface area contributed by atoms with Crippen LogP contribution in [0.5, 0.6) is 0 Å². The van der Waals surface area contributed by atoms with Crippen LogP contribution in [-0.4, -0.2) is 56.1 Å². The van der Waals surface area contributed by atoms with Crippen LogP contribution in [0.15, 0.2) is 41.1 Å². The maximum absolute atomic E-state index is 12.5. The van der Waals surface area contributed by atoms with E-state index in [-0.39, 0.29) is 22.1 Å². The average molecular weight is 594 g/mol. The first-order valence-corrected chi connectivity index (χ1v) is 14.9. The van der Waals surface area contributed by atoms with Gasteiger partial charge in [-0.25, -0.2) is 4.79 Å². The summed E-state index contributed by atoms with van der Waals surface area (Å²) in [6.45, 7) is 3.96. The molecule has 0 spiro atoms. The molecule has 11 nitrogen and oxygen atoms in total. The summed E-state index contributed by atoms with van der Waals surface area (Å²) in [6, 6.07) is 3.20. The van der Waals surface area contributed by atoms with E-state index in [1.165, 1.54) is 23.8 Å². The van der Waals surface area contributed by atoms with Gasteiger partial charge in [-0.2, -0.15) is 0 Å². The molecule has 4 aliphatic carbocycles. The number of benzene rings is 1. The third-order valence-electron chi connectivity index (χ3n) is 11.1. The maximum Gasteiger partial charge on any atom is 0.329 e. The highest BCUT2D eigenvalue weighted by Gasteiger charge is 2.63. The molecule has 0 saturated heterocycles. The number of hydrogen-bond acceptors (Lipinski definition) is 8. The molecular weight excluding hydrogens is 554 g/mol. The lowest BCUT2D eigenvalue weighted by Gasteiger charge is -2.58. The van der Waals surface area contributed by atoms with E-state index >= 15 is 0 Å². The smallest absolute Gasteiger partial charge is 0.329 e. The molecular formula is C32H39N3O8. The van der Waals surface area contributed by atoms with Crippen molar-refractivity contribution in [2.24, 2.45) is 33.7 Å². The fraction of sp³-hybridized carbons (Fsp3) is 0.594. The van der Waals surface area contributed by atoms with Gasteiger partial charge in [-0.1, -0.05) is 42.6 Å². The minimum Gasteiger partial charge on any atom is -0.480 e. The number of nitrogens with zero attached hydrogens (tertiary/aromatic N) is 2. The molecule has 0 radical (unpaired) electrons. The third kappa shape index (κ3) is 5.31. The number of terminal acetylenes is 1. The topological polar surface area (TPSA) is 172 Å². The molecule has 5 rings (SSSR count). The Morgan fingerprint density at radius 2 is 1.95 bits per heavy atom. The number of aliphatic hydroxyl groups is 2. The van der Waals surface area contributed by atoms with Crippen molar-refractivity contribution in [3.8, 4) is 12.3 Å². The fourth-order valence-electron chi connectivity index (χ4n) is 8.58. The van der Waals surface area contributed by atoms with Crippen molar-refractivity contribution in [1.29, 1.82) is 0 Å². The number of fused-ring (bicyclic) bond motifs is 5. The highest BCUT2D eigenvalue weighted by molar-refractivity contribution is 5.96. The Bertz CT molecular complexity index is 1420. The Morgan fingerprint density at radius 3 is 2.65 bits per heavy atom. The van der Waals surface area contributed by atoms with Crippen molar-refractivity contribution in [3.63, 3.8) is 0 Å². The molecule has 1 aromatic rings. The van der Waals surface area contributed by atoms with Crippen LogP contribution in [0.1, 0.15) is 76.9 Å². The molecule has 230 valence electrons. The van der Waals surface area contributed by atoms with Crippen LogP contribution < -0.4 is 5.32 Å². The Hall–Kier alpha value is -3.75. The minimum atomic E-state index is -1.74. The number of carbonyl (C=O) groups is 2. The van der Waals surface area contributed by atoms with Gasteiger partial charge in [-0.3, -0.25) is 14.9 Å². The summed E-state index contributed by atoms with van der Waals surface area (Å²) in [5.41, 5.74) is 0.464. The molecule has 4 aliphatic rings. The number of carbonyl (C=O) groups excluding carboxylic acids is 1. The third-order valence-corrected chi connectivity index (χ3v) is 11.1. The van der Waals surface area contributed by atoms with Crippen LogP contribution in [0, 0.1) is 51.0 Å². The van der Waals surface area contributed by atoms with Crippen LogP contribution in [0.25, 0.3) is 0 Å². The molecule has 0 bridgehead atoms. The number of nitrogens with one attached hydrogen (secondary N) is 1. The van der Waals surface area contributed by atoms with E-state index in [1.807, 2.05) is 0 Å². The number of allylic oxidation sites excluding steroid dienone is 2. The van der Waals surface area contributed by atoms with Crippen molar-refractivity contribution < 1.29 is 34.7 Å². The molecule has 11 heteroatoms. The van der Waals surface area contributed by atoms with Gasteiger partial charge in [0.25, 0.3) is 11.6 Å². The summed E-state index contributed by atoms with van der Waals surface area (Å²) in [5.74, 6) is 1.85. The predicted octanol–water partition coefficient (Wildman–Crippen LogP) is 3.90. The standard InChI is InChI=1S/C32H39N3O8/c1-4-32(40)15-12-25-23-9-8-20-17-21(10-13-30(20,2)24(23)11-14-31(25,32)3)34-43-18-26(36)33-27(29(38)39)28(37)19-6-5-7-22(16-19)35(41)42/h1,5-7,16-17,23-25,27-28,37,40H,8-15,18H2,2-3H3,(H,33,36)(H,38,39)/t23-,24+,25-,27+,28+,30+,31+,32+/m1/s1. The Morgan fingerprint density at radius 1 is 1.21 bits per heavy atom. The van der Waals surface area contributed by atoms with Crippen LogP contribution in [0.4, 0.5) is 5.69 Å². The second-order valence-corrected chi connectivity index (χ2v) is 13.0. The van der Waals surface area contributed by atoms with Gasteiger partial charge in [0.1, 0.15) is 11.7 Å². The molecule has 3 fully saturated rings. The Labute approximate surface area is 250 Å². The van der Waals surface area contributed by atoms with Crippen molar-refractivity contribution in [1.82, 2.24) is 5.32 Å². The number of amides is 1. The average Bonchev–Trinajstić information content (AvgIpc) is 3.26. The first-order chi connectivity index (χ1) is 20.3. The molecule has 3 saturated carbocycles. The lowest BCUT2D eigenvalue weighted by Crippen LogP contribution is -2.54. The number of aliphatic hydroxyl groups excluding tert-OH is 1.